The third-order valence-electron chi connectivity index (χ3n) is 2.28. The molecule has 1 aromatic heterocycles. The molecule has 0 saturated carbocycles. The zero-order valence-corrected chi connectivity index (χ0v) is 8.60. The maximum Gasteiger partial charge on any atom is 0.317 e. The first kappa shape index (κ1) is 9.40. The smallest absolute Gasteiger partial charge is 0.317 e. The third-order valence-corrected chi connectivity index (χ3v) is 3.25. The van der Waals surface area contributed by atoms with Crippen molar-refractivity contribution in [1.29, 1.82) is 0 Å². The summed E-state index contributed by atoms with van der Waals surface area (Å²) in [6, 6.07) is 1.90. The third kappa shape index (κ3) is 1.35. The average Bonchev–Trinajstić information content (AvgIpc) is 2.69. The average molecular weight is 210 g/mol. The lowest BCUT2D eigenvalue weighted by atomic mass is 10.1. The number of rotatable bonds is 2. The van der Waals surface area contributed by atoms with Crippen molar-refractivity contribution in [2.75, 3.05) is 6.61 Å². The molecule has 1 heterocycles. The summed E-state index contributed by atoms with van der Waals surface area (Å²) in [5, 5.41) is 1.88. The highest BCUT2D eigenvalue weighted by atomic mass is 32.1. The van der Waals surface area contributed by atoms with E-state index in [0.29, 0.717) is 13.0 Å². The zero-order chi connectivity index (χ0) is 10.1. The zero-order valence-electron chi connectivity index (χ0n) is 7.78. The molecule has 0 N–H and O–H groups in total. The van der Waals surface area contributed by atoms with Crippen molar-refractivity contribution < 1.29 is 14.3 Å². The molecule has 0 bridgehead atoms. The van der Waals surface area contributed by atoms with E-state index in [2.05, 4.69) is 0 Å². The van der Waals surface area contributed by atoms with Gasteiger partial charge in [0.15, 0.2) is 5.78 Å². The Bertz CT molecular complexity index is 380. The second-order valence-electron chi connectivity index (χ2n) is 3.15. The number of hydrogen-bond acceptors (Lipinski definition) is 4. The van der Waals surface area contributed by atoms with Crippen LogP contribution in [0.5, 0.6) is 0 Å². The van der Waals surface area contributed by atoms with Crippen molar-refractivity contribution >= 4 is 23.1 Å². The Morgan fingerprint density at radius 1 is 1.71 bits per heavy atom. The van der Waals surface area contributed by atoms with Crippen molar-refractivity contribution in [2.24, 2.45) is 5.92 Å². The Morgan fingerprint density at radius 2 is 2.50 bits per heavy atom. The molecule has 1 aliphatic carbocycles. The van der Waals surface area contributed by atoms with Crippen LogP contribution in [-0.2, 0) is 16.0 Å². The lowest BCUT2D eigenvalue weighted by molar-refractivity contribution is -0.145. The van der Waals surface area contributed by atoms with Gasteiger partial charge in [-0.25, -0.2) is 0 Å². The van der Waals surface area contributed by atoms with E-state index in [-0.39, 0.29) is 11.8 Å². The standard InChI is InChI=1S/C10H10O3S/c1-2-13-10(12)7-5-6-3-4-14-9(6)8(7)11/h3-4,7H,2,5H2,1H3. The molecule has 0 spiro atoms. The van der Waals surface area contributed by atoms with Gasteiger partial charge in [-0.1, -0.05) is 0 Å². The van der Waals surface area contributed by atoms with Crippen molar-refractivity contribution in [2.45, 2.75) is 13.3 Å². The molecule has 0 fully saturated rings. The molecule has 0 radical (unpaired) electrons. The fraction of sp³-hybridized carbons (Fsp3) is 0.400. The first-order valence-corrected chi connectivity index (χ1v) is 5.39. The summed E-state index contributed by atoms with van der Waals surface area (Å²) in [7, 11) is 0. The number of carbonyl (C=O) groups is 2. The van der Waals surface area contributed by atoms with Crippen LogP contribution in [0.3, 0.4) is 0 Å². The van der Waals surface area contributed by atoms with E-state index in [4.69, 9.17) is 4.74 Å². The van der Waals surface area contributed by atoms with E-state index in [9.17, 15) is 9.59 Å². The van der Waals surface area contributed by atoms with Gasteiger partial charge >= 0.3 is 5.97 Å². The number of ketones is 1. The van der Waals surface area contributed by atoms with Crippen LogP contribution in [0.4, 0.5) is 0 Å². The molecular formula is C10H10O3S. The predicted octanol–water partition coefficient (Wildman–Crippen LogP) is 1.67. The number of hydrogen-bond donors (Lipinski definition) is 0. The summed E-state index contributed by atoms with van der Waals surface area (Å²) in [6.07, 6.45) is 0.510. The van der Waals surface area contributed by atoms with E-state index in [1.807, 2.05) is 11.4 Å². The van der Waals surface area contributed by atoms with Crippen LogP contribution in [0.15, 0.2) is 11.4 Å². The predicted molar refractivity (Wildman–Crippen MR) is 52.5 cm³/mol. The van der Waals surface area contributed by atoms with Crippen LogP contribution in [0.25, 0.3) is 0 Å². The van der Waals surface area contributed by atoms with Crippen molar-refractivity contribution in [1.82, 2.24) is 0 Å². The Labute approximate surface area is 85.7 Å². The van der Waals surface area contributed by atoms with Gasteiger partial charge in [0.05, 0.1) is 11.5 Å². The fourth-order valence-electron chi connectivity index (χ4n) is 1.62. The molecule has 1 aliphatic rings. The van der Waals surface area contributed by atoms with Crippen LogP contribution in [-0.4, -0.2) is 18.4 Å². The molecule has 0 aromatic carbocycles. The maximum atomic E-state index is 11.7. The van der Waals surface area contributed by atoms with E-state index in [1.54, 1.807) is 6.92 Å². The largest absolute Gasteiger partial charge is 0.465 e. The summed E-state index contributed by atoms with van der Waals surface area (Å²) in [6.45, 7) is 2.07. The number of fused-ring (bicyclic) bond motifs is 1. The quantitative estimate of drug-likeness (QED) is 0.551. The van der Waals surface area contributed by atoms with Crippen LogP contribution < -0.4 is 0 Å². The second kappa shape index (κ2) is 3.53. The molecule has 0 aliphatic heterocycles. The lowest BCUT2D eigenvalue weighted by Gasteiger charge is -2.06. The molecule has 14 heavy (non-hydrogen) atoms. The van der Waals surface area contributed by atoms with Gasteiger partial charge in [0.1, 0.15) is 5.92 Å². The van der Waals surface area contributed by atoms with Gasteiger partial charge in [0.25, 0.3) is 0 Å². The molecule has 1 aromatic rings. The summed E-state index contributed by atoms with van der Waals surface area (Å²) in [5.41, 5.74) is 0.984. The Morgan fingerprint density at radius 3 is 3.14 bits per heavy atom. The monoisotopic (exact) mass is 210 g/mol. The van der Waals surface area contributed by atoms with E-state index in [1.165, 1.54) is 11.3 Å². The summed E-state index contributed by atoms with van der Waals surface area (Å²) in [5.74, 6) is -1.05. The normalized spacial score (nSPS) is 19.5. The molecule has 74 valence electrons. The van der Waals surface area contributed by atoms with Crippen LogP contribution in [0.1, 0.15) is 22.2 Å². The molecule has 1 atom stereocenters. The Kier molecular flexibility index (Phi) is 2.37. The maximum absolute atomic E-state index is 11.7. The Hall–Kier alpha value is -1.16. The van der Waals surface area contributed by atoms with E-state index < -0.39 is 5.92 Å². The van der Waals surface area contributed by atoms with E-state index >= 15 is 0 Å². The van der Waals surface area contributed by atoms with Crippen molar-refractivity contribution in [3.63, 3.8) is 0 Å². The number of ether oxygens (including phenoxy) is 1. The van der Waals surface area contributed by atoms with Gasteiger partial charge in [0, 0.05) is 0 Å². The fourth-order valence-corrected chi connectivity index (χ4v) is 2.55. The molecule has 3 nitrogen and oxygen atoms in total. The minimum absolute atomic E-state index is 0.0755. The van der Waals surface area contributed by atoms with Crippen molar-refractivity contribution in [3.8, 4) is 0 Å². The van der Waals surface area contributed by atoms with Crippen molar-refractivity contribution in [3.05, 3.63) is 21.9 Å². The highest BCUT2D eigenvalue weighted by molar-refractivity contribution is 7.12. The van der Waals surface area contributed by atoms with Gasteiger partial charge in [-0.3, -0.25) is 9.59 Å². The lowest BCUT2D eigenvalue weighted by Crippen LogP contribution is -2.22. The van der Waals surface area contributed by atoms with Gasteiger partial charge in [0.2, 0.25) is 0 Å². The van der Waals surface area contributed by atoms with E-state index in [0.717, 1.165) is 10.4 Å². The SMILES string of the molecule is CCOC(=O)C1Cc2ccsc2C1=O. The minimum Gasteiger partial charge on any atom is -0.465 e. The first-order valence-electron chi connectivity index (χ1n) is 4.51. The number of carbonyl (C=O) groups excluding carboxylic acids is 2. The topological polar surface area (TPSA) is 43.4 Å². The number of esters is 1. The van der Waals surface area contributed by atoms with Gasteiger partial charge in [-0.2, -0.15) is 0 Å². The number of Topliss-reactive ketones (excluding diaryl/α,β-unsaturated/α-hetero) is 1. The highest BCUT2D eigenvalue weighted by Gasteiger charge is 2.37. The summed E-state index contributed by atoms with van der Waals surface area (Å²) in [4.78, 5) is 23.8. The Balaban J connectivity index is 2.18. The molecule has 0 saturated heterocycles. The summed E-state index contributed by atoms with van der Waals surface area (Å²) >= 11 is 1.40. The van der Waals surface area contributed by atoms with Gasteiger partial charge in [-0.15, -0.1) is 11.3 Å². The molecule has 4 heteroatoms. The summed E-state index contributed by atoms with van der Waals surface area (Å²) < 4.78 is 4.84. The highest BCUT2D eigenvalue weighted by Crippen LogP contribution is 2.31. The molecule has 0 amide bonds. The second-order valence-corrected chi connectivity index (χ2v) is 4.06. The van der Waals surface area contributed by atoms with Crippen LogP contribution >= 0.6 is 11.3 Å². The first-order chi connectivity index (χ1) is 6.74. The minimum atomic E-state index is -0.586. The van der Waals surface area contributed by atoms with Gasteiger partial charge < -0.3 is 4.74 Å². The molecular weight excluding hydrogens is 200 g/mol. The number of thiophene rings is 1. The molecule has 2 rings (SSSR count). The van der Waals surface area contributed by atoms with Crippen LogP contribution in [0, 0.1) is 5.92 Å². The van der Waals surface area contributed by atoms with Crippen LogP contribution in [0.2, 0.25) is 0 Å². The van der Waals surface area contributed by atoms with Gasteiger partial charge in [-0.05, 0) is 30.4 Å². The molecule has 1 unspecified atom stereocenters.